The molecule has 0 aliphatic carbocycles. The Labute approximate surface area is 116 Å². The zero-order valence-electron chi connectivity index (χ0n) is 11.1. The van der Waals surface area contributed by atoms with E-state index in [1.54, 1.807) is 29.6 Å². The van der Waals surface area contributed by atoms with E-state index in [1.165, 1.54) is 11.9 Å². The number of nitrogens with zero attached hydrogens (tertiary/aromatic N) is 5. The first-order valence-corrected chi connectivity index (χ1v) is 6.27. The number of benzene rings is 1. The maximum atomic E-state index is 4.18. The lowest BCUT2D eigenvalue weighted by molar-refractivity contribution is 0.869. The Kier molecular flexibility index (Phi) is 3.36. The summed E-state index contributed by atoms with van der Waals surface area (Å²) in [6.07, 6.45) is 8.25. The highest BCUT2D eigenvalue weighted by molar-refractivity contribution is 5.43. The fraction of sp³-hybridized carbons (Fsp3) is 0.143. The molecule has 0 saturated carbocycles. The number of aryl methyl sites for hydroxylation is 1. The number of nitrogens with one attached hydrogen (secondary N) is 1. The summed E-state index contributed by atoms with van der Waals surface area (Å²) in [4.78, 5) is 12.2. The fourth-order valence-electron chi connectivity index (χ4n) is 2.00. The molecule has 0 spiro atoms. The van der Waals surface area contributed by atoms with Crippen LogP contribution in [-0.4, -0.2) is 24.7 Å². The summed E-state index contributed by atoms with van der Waals surface area (Å²) in [6.45, 7) is 2.76. The molecule has 0 aliphatic rings. The van der Waals surface area contributed by atoms with Crippen molar-refractivity contribution in [3.63, 3.8) is 0 Å². The molecule has 2 aromatic heterocycles. The number of rotatable bonds is 4. The van der Waals surface area contributed by atoms with Gasteiger partial charge in [-0.1, -0.05) is 12.1 Å². The third kappa shape index (κ3) is 2.64. The van der Waals surface area contributed by atoms with E-state index in [0.717, 1.165) is 17.1 Å². The first-order valence-electron chi connectivity index (χ1n) is 6.27. The smallest absolute Gasteiger partial charge is 0.144 e. The SMILES string of the molecule is Cc1cc(CNc2cnccn2)ccc1-n1cncn1. The molecule has 0 radical (unpaired) electrons. The molecule has 1 N–H and O–H groups in total. The Hall–Kier alpha value is -2.76. The van der Waals surface area contributed by atoms with Crippen molar-refractivity contribution in [2.75, 3.05) is 5.32 Å². The average molecular weight is 266 g/mol. The van der Waals surface area contributed by atoms with Crippen molar-refractivity contribution in [3.05, 3.63) is 60.6 Å². The molecule has 0 amide bonds. The van der Waals surface area contributed by atoms with Gasteiger partial charge in [0.25, 0.3) is 0 Å². The van der Waals surface area contributed by atoms with Gasteiger partial charge in [-0.15, -0.1) is 0 Å². The van der Waals surface area contributed by atoms with Crippen LogP contribution in [0.1, 0.15) is 11.1 Å². The van der Waals surface area contributed by atoms with Gasteiger partial charge in [-0.25, -0.2) is 14.6 Å². The molecule has 1 aromatic carbocycles. The molecule has 20 heavy (non-hydrogen) atoms. The summed E-state index contributed by atoms with van der Waals surface area (Å²) in [5.74, 6) is 0.769. The minimum absolute atomic E-state index is 0.706. The van der Waals surface area contributed by atoms with Gasteiger partial charge >= 0.3 is 0 Å². The highest BCUT2D eigenvalue weighted by Crippen LogP contribution is 2.15. The van der Waals surface area contributed by atoms with E-state index >= 15 is 0 Å². The van der Waals surface area contributed by atoms with Gasteiger partial charge < -0.3 is 5.32 Å². The molecule has 0 unspecified atom stereocenters. The van der Waals surface area contributed by atoms with Crippen LogP contribution in [0.2, 0.25) is 0 Å². The van der Waals surface area contributed by atoms with E-state index in [4.69, 9.17) is 0 Å². The van der Waals surface area contributed by atoms with E-state index < -0.39 is 0 Å². The predicted molar refractivity (Wildman–Crippen MR) is 75.5 cm³/mol. The van der Waals surface area contributed by atoms with Gasteiger partial charge in [-0.2, -0.15) is 5.10 Å². The molecule has 6 nitrogen and oxygen atoms in total. The van der Waals surface area contributed by atoms with E-state index in [9.17, 15) is 0 Å². The Morgan fingerprint density at radius 1 is 1.20 bits per heavy atom. The molecule has 6 heteroatoms. The molecular formula is C14H14N6. The van der Waals surface area contributed by atoms with E-state index in [2.05, 4.69) is 44.4 Å². The number of hydrogen-bond acceptors (Lipinski definition) is 5. The molecule has 0 aliphatic heterocycles. The van der Waals surface area contributed by atoms with Crippen molar-refractivity contribution in [1.82, 2.24) is 24.7 Å². The first kappa shape index (κ1) is 12.3. The van der Waals surface area contributed by atoms with Gasteiger partial charge in [-0.05, 0) is 24.1 Å². The largest absolute Gasteiger partial charge is 0.365 e. The van der Waals surface area contributed by atoms with Gasteiger partial charge in [0.05, 0.1) is 11.9 Å². The summed E-state index contributed by atoms with van der Waals surface area (Å²) >= 11 is 0. The van der Waals surface area contributed by atoms with Gasteiger partial charge in [0.1, 0.15) is 18.5 Å². The minimum atomic E-state index is 0.706. The summed E-state index contributed by atoms with van der Waals surface area (Å²) < 4.78 is 1.76. The Bertz CT molecular complexity index is 678. The summed E-state index contributed by atoms with van der Waals surface area (Å²) in [7, 11) is 0. The van der Waals surface area contributed by atoms with Gasteiger partial charge in [0, 0.05) is 18.9 Å². The minimum Gasteiger partial charge on any atom is -0.365 e. The number of anilines is 1. The molecular weight excluding hydrogens is 252 g/mol. The van der Waals surface area contributed by atoms with E-state index in [1.807, 2.05) is 6.07 Å². The summed E-state index contributed by atoms with van der Waals surface area (Å²) in [6, 6.07) is 6.23. The van der Waals surface area contributed by atoms with Crippen molar-refractivity contribution >= 4 is 5.82 Å². The van der Waals surface area contributed by atoms with Gasteiger partial charge in [0.2, 0.25) is 0 Å². The monoisotopic (exact) mass is 266 g/mol. The summed E-state index contributed by atoms with van der Waals surface area (Å²) in [5.41, 5.74) is 3.36. The van der Waals surface area contributed by atoms with Crippen LogP contribution in [0.4, 0.5) is 5.82 Å². The normalized spacial score (nSPS) is 10.4. The topological polar surface area (TPSA) is 68.5 Å². The van der Waals surface area contributed by atoms with Gasteiger partial charge in [0.15, 0.2) is 0 Å². The van der Waals surface area contributed by atoms with E-state index in [0.29, 0.717) is 6.54 Å². The fourth-order valence-corrected chi connectivity index (χ4v) is 2.00. The Morgan fingerprint density at radius 2 is 2.15 bits per heavy atom. The van der Waals surface area contributed by atoms with Crippen LogP contribution in [-0.2, 0) is 6.54 Å². The van der Waals surface area contributed by atoms with Gasteiger partial charge in [-0.3, -0.25) is 4.98 Å². The average Bonchev–Trinajstić information content (AvgIpc) is 3.00. The maximum Gasteiger partial charge on any atom is 0.144 e. The summed E-state index contributed by atoms with van der Waals surface area (Å²) in [5, 5.41) is 7.38. The predicted octanol–water partition coefficient (Wildman–Crippen LogP) is 1.98. The second-order valence-corrected chi connectivity index (χ2v) is 4.41. The molecule has 100 valence electrons. The van der Waals surface area contributed by atoms with Crippen LogP contribution >= 0.6 is 0 Å². The quantitative estimate of drug-likeness (QED) is 0.782. The van der Waals surface area contributed by atoms with Crippen LogP contribution in [0.5, 0.6) is 0 Å². The van der Waals surface area contributed by atoms with Crippen molar-refractivity contribution < 1.29 is 0 Å². The maximum absolute atomic E-state index is 4.18. The second-order valence-electron chi connectivity index (χ2n) is 4.41. The Morgan fingerprint density at radius 3 is 2.85 bits per heavy atom. The molecule has 0 fully saturated rings. The van der Waals surface area contributed by atoms with Crippen molar-refractivity contribution in [3.8, 4) is 5.69 Å². The zero-order valence-corrected chi connectivity index (χ0v) is 11.1. The number of hydrogen-bond donors (Lipinski definition) is 1. The Balaban J connectivity index is 1.74. The second kappa shape index (κ2) is 5.48. The molecule has 0 saturated heterocycles. The first-order chi connectivity index (χ1) is 9.83. The third-order valence-electron chi connectivity index (χ3n) is 2.96. The highest BCUT2D eigenvalue weighted by Gasteiger charge is 2.03. The lowest BCUT2D eigenvalue weighted by Crippen LogP contribution is -2.03. The standard InChI is InChI=1S/C14H14N6/c1-11-6-12(7-18-14-8-15-4-5-17-14)2-3-13(11)20-10-16-9-19-20/h2-6,8-10H,7H2,1H3,(H,17,18). The molecule has 0 bridgehead atoms. The molecule has 3 rings (SSSR count). The van der Waals surface area contributed by atoms with Crippen LogP contribution in [0, 0.1) is 6.92 Å². The number of aromatic nitrogens is 5. The van der Waals surface area contributed by atoms with Crippen LogP contribution in [0.15, 0.2) is 49.4 Å². The lowest BCUT2D eigenvalue weighted by Gasteiger charge is -2.09. The van der Waals surface area contributed by atoms with Crippen molar-refractivity contribution in [2.24, 2.45) is 0 Å². The van der Waals surface area contributed by atoms with E-state index in [-0.39, 0.29) is 0 Å². The third-order valence-corrected chi connectivity index (χ3v) is 2.96. The van der Waals surface area contributed by atoms with Crippen molar-refractivity contribution in [1.29, 1.82) is 0 Å². The zero-order chi connectivity index (χ0) is 13.8. The van der Waals surface area contributed by atoms with Crippen molar-refractivity contribution in [2.45, 2.75) is 13.5 Å². The molecule has 3 aromatic rings. The van der Waals surface area contributed by atoms with Crippen LogP contribution < -0.4 is 5.32 Å². The molecule has 2 heterocycles. The highest BCUT2D eigenvalue weighted by atomic mass is 15.3. The molecule has 0 atom stereocenters. The van der Waals surface area contributed by atoms with Crippen LogP contribution in [0.25, 0.3) is 5.69 Å². The lowest BCUT2D eigenvalue weighted by atomic mass is 10.1. The van der Waals surface area contributed by atoms with Crippen LogP contribution in [0.3, 0.4) is 0 Å².